The topological polar surface area (TPSA) is 59.4 Å². The third kappa shape index (κ3) is 4.90. The van der Waals surface area contributed by atoms with Crippen molar-refractivity contribution in [3.63, 3.8) is 0 Å². The van der Waals surface area contributed by atoms with Crippen LogP contribution >= 0.6 is 0 Å². The number of nitrogens with zero attached hydrogens (tertiary/aromatic N) is 3. The smallest absolute Gasteiger partial charge is 0.241 e. The highest BCUT2D eigenvalue weighted by Gasteiger charge is 2.21. The molecule has 1 fully saturated rings. The van der Waals surface area contributed by atoms with Gasteiger partial charge in [-0.05, 0) is 69.1 Å². The lowest BCUT2D eigenvalue weighted by Crippen LogP contribution is -2.39. The lowest BCUT2D eigenvalue weighted by molar-refractivity contribution is -0.120. The van der Waals surface area contributed by atoms with Crippen LogP contribution in [0.25, 0.3) is 0 Å². The highest BCUT2D eigenvalue weighted by Crippen LogP contribution is 2.25. The molecule has 0 aromatic heterocycles. The first-order chi connectivity index (χ1) is 13.6. The number of benzene rings is 2. The van der Waals surface area contributed by atoms with Gasteiger partial charge in [-0.3, -0.25) is 9.69 Å². The Kier molecular flexibility index (Phi) is 6.67. The fourth-order valence-electron chi connectivity index (χ4n) is 3.57. The number of rotatable bonds is 6. The van der Waals surface area contributed by atoms with Crippen molar-refractivity contribution in [2.45, 2.75) is 38.8 Å². The van der Waals surface area contributed by atoms with E-state index in [-0.39, 0.29) is 11.9 Å². The Bertz CT molecular complexity index is 834. The summed E-state index contributed by atoms with van der Waals surface area (Å²) in [4.78, 5) is 17.2. The summed E-state index contributed by atoms with van der Waals surface area (Å²) < 4.78 is 0. The zero-order chi connectivity index (χ0) is 19.9. The van der Waals surface area contributed by atoms with Gasteiger partial charge in [-0.2, -0.15) is 5.26 Å². The van der Waals surface area contributed by atoms with E-state index < -0.39 is 0 Å². The van der Waals surface area contributed by atoms with Crippen molar-refractivity contribution in [2.75, 3.05) is 30.4 Å². The van der Waals surface area contributed by atoms with Crippen LogP contribution in [0, 0.1) is 11.3 Å². The minimum absolute atomic E-state index is 0.0531. The summed E-state index contributed by atoms with van der Waals surface area (Å²) >= 11 is 0. The lowest BCUT2D eigenvalue weighted by Gasteiger charge is -2.32. The highest BCUT2D eigenvalue weighted by molar-refractivity contribution is 5.94. The van der Waals surface area contributed by atoms with Crippen molar-refractivity contribution in [1.82, 2.24) is 4.90 Å². The first-order valence-corrected chi connectivity index (χ1v) is 9.92. The Morgan fingerprint density at radius 2 is 1.82 bits per heavy atom. The molecule has 0 radical (unpaired) electrons. The summed E-state index contributed by atoms with van der Waals surface area (Å²) in [7, 11) is 1.98. The molecule has 1 saturated heterocycles. The molecule has 5 nitrogen and oxygen atoms in total. The number of piperidine rings is 1. The molecule has 28 heavy (non-hydrogen) atoms. The summed E-state index contributed by atoms with van der Waals surface area (Å²) in [5.74, 6) is -0.0531. The van der Waals surface area contributed by atoms with Crippen molar-refractivity contribution in [3.05, 3.63) is 59.7 Å². The normalized spacial score (nSPS) is 15.1. The summed E-state index contributed by atoms with van der Waals surface area (Å²) in [6.45, 7) is 4.85. The Morgan fingerprint density at radius 1 is 1.14 bits per heavy atom. The second-order valence-electron chi connectivity index (χ2n) is 7.45. The molecule has 146 valence electrons. The van der Waals surface area contributed by atoms with Gasteiger partial charge >= 0.3 is 0 Å². The van der Waals surface area contributed by atoms with Gasteiger partial charge in [0, 0.05) is 31.0 Å². The SMILES string of the molecule is CC(C(=O)Nc1ccc(C#N)cc1)N(C)Cc1ccccc1N1CCCCC1. The molecule has 0 aliphatic carbocycles. The predicted molar refractivity (Wildman–Crippen MR) is 113 cm³/mol. The van der Waals surface area contributed by atoms with Crippen LogP contribution in [0.5, 0.6) is 0 Å². The monoisotopic (exact) mass is 376 g/mol. The minimum atomic E-state index is -0.273. The van der Waals surface area contributed by atoms with E-state index in [9.17, 15) is 4.79 Å². The number of carbonyl (C=O) groups is 1. The van der Waals surface area contributed by atoms with Crippen LogP contribution in [0.1, 0.15) is 37.3 Å². The molecule has 1 unspecified atom stereocenters. The van der Waals surface area contributed by atoms with E-state index in [2.05, 4.69) is 45.5 Å². The summed E-state index contributed by atoms with van der Waals surface area (Å²) in [5, 5.41) is 11.8. The maximum absolute atomic E-state index is 12.7. The molecule has 1 atom stereocenters. The minimum Gasteiger partial charge on any atom is -0.371 e. The average molecular weight is 377 g/mol. The van der Waals surface area contributed by atoms with Gasteiger partial charge in [-0.15, -0.1) is 0 Å². The van der Waals surface area contributed by atoms with Crippen LogP contribution < -0.4 is 10.2 Å². The van der Waals surface area contributed by atoms with Crippen LogP contribution in [0.2, 0.25) is 0 Å². The maximum atomic E-state index is 12.7. The number of carbonyl (C=O) groups excluding carboxylic acids is 1. The molecule has 1 heterocycles. The van der Waals surface area contributed by atoms with Gasteiger partial charge in [-0.1, -0.05) is 18.2 Å². The van der Waals surface area contributed by atoms with Crippen molar-refractivity contribution in [3.8, 4) is 6.07 Å². The van der Waals surface area contributed by atoms with Gasteiger partial charge in [0.1, 0.15) is 0 Å². The standard InChI is InChI=1S/C23H28N4O/c1-18(23(28)25-21-12-10-19(16-24)11-13-21)26(2)17-20-8-4-5-9-22(20)27-14-6-3-7-15-27/h4-5,8-13,18H,3,6-7,14-15,17H2,1-2H3,(H,25,28). The van der Waals surface area contributed by atoms with E-state index >= 15 is 0 Å². The number of hydrogen-bond donors (Lipinski definition) is 1. The van der Waals surface area contributed by atoms with Gasteiger partial charge in [0.15, 0.2) is 0 Å². The molecule has 5 heteroatoms. The van der Waals surface area contributed by atoms with Crippen molar-refractivity contribution in [2.24, 2.45) is 0 Å². The molecular formula is C23H28N4O. The van der Waals surface area contributed by atoms with Gasteiger partial charge < -0.3 is 10.2 Å². The molecule has 0 spiro atoms. The molecule has 2 aromatic rings. The van der Waals surface area contributed by atoms with E-state index in [1.165, 1.54) is 30.5 Å². The number of nitrogens with one attached hydrogen (secondary N) is 1. The van der Waals surface area contributed by atoms with Crippen LogP contribution in [0.4, 0.5) is 11.4 Å². The second-order valence-corrected chi connectivity index (χ2v) is 7.45. The third-order valence-electron chi connectivity index (χ3n) is 5.43. The fourth-order valence-corrected chi connectivity index (χ4v) is 3.57. The molecule has 1 amide bonds. The Labute approximate surface area is 167 Å². The summed E-state index contributed by atoms with van der Waals surface area (Å²) in [5.41, 5.74) is 3.83. The number of anilines is 2. The number of hydrogen-bond acceptors (Lipinski definition) is 4. The maximum Gasteiger partial charge on any atom is 0.241 e. The molecule has 0 saturated carbocycles. The zero-order valence-electron chi connectivity index (χ0n) is 16.7. The van der Waals surface area contributed by atoms with Gasteiger partial charge in [0.2, 0.25) is 5.91 Å². The number of likely N-dealkylation sites (N-methyl/N-ethyl adjacent to an activating group) is 1. The molecule has 1 N–H and O–H groups in total. The molecule has 2 aromatic carbocycles. The molecule has 3 rings (SSSR count). The van der Waals surface area contributed by atoms with E-state index in [4.69, 9.17) is 5.26 Å². The van der Waals surface area contributed by atoms with Crippen molar-refractivity contribution >= 4 is 17.3 Å². The number of para-hydroxylation sites is 1. The zero-order valence-corrected chi connectivity index (χ0v) is 16.7. The molecule has 1 aliphatic rings. The van der Waals surface area contributed by atoms with Crippen LogP contribution in [0.15, 0.2) is 48.5 Å². The quantitative estimate of drug-likeness (QED) is 0.828. The highest BCUT2D eigenvalue weighted by atomic mass is 16.2. The van der Waals surface area contributed by atoms with E-state index in [1.807, 2.05) is 14.0 Å². The van der Waals surface area contributed by atoms with Gasteiger partial charge in [-0.25, -0.2) is 0 Å². The number of amides is 1. The van der Waals surface area contributed by atoms with Crippen LogP contribution in [0.3, 0.4) is 0 Å². The largest absolute Gasteiger partial charge is 0.371 e. The van der Waals surface area contributed by atoms with Crippen molar-refractivity contribution < 1.29 is 4.79 Å². The van der Waals surface area contributed by atoms with Gasteiger partial charge in [0.05, 0.1) is 17.7 Å². The average Bonchev–Trinajstić information content (AvgIpc) is 2.74. The first kappa shape index (κ1) is 19.9. The summed E-state index contributed by atoms with van der Waals surface area (Å²) in [6.07, 6.45) is 3.80. The first-order valence-electron chi connectivity index (χ1n) is 9.92. The van der Waals surface area contributed by atoms with Crippen LogP contribution in [-0.2, 0) is 11.3 Å². The fraction of sp³-hybridized carbons (Fsp3) is 0.391. The Morgan fingerprint density at radius 3 is 2.50 bits per heavy atom. The lowest BCUT2D eigenvalue weighted by atomic mass is 10.1. The van der Waals surface area contributed by atoms with E-state index in [0.717, 1.165) is 13.1 Å². The Balaban J connectivity index is 1.64. The van der Waals surface area contributed by atoms with Crippen molar-refractivity contribution in [1.29, 1.82) is 5.26 Å². The summed E-state index contributed by atoms with van der Waals surface area (Å²) in [6, 6.07) is 17.3. The molecule has 1 aliphatic heterocycles. The second kappa shape index (κ2) is 9.38. The Hall–Kier alpha value is -2.84. The molecule has 0 bridgehead atoms. The van der Waals surface area contributed by atoms with E-state index in [0.29, 0.717) is 17.8 Å². The van der Waals surface area contributed by atoms with E-state index in [1.54, 1.807) is 24.3 Å². The predicted octanol–water partition coefficient (Wildman–Crippen LogP) is 4.01. The number of nitriles is 1. The third-order valence-corrected chi connectivity index (χ3v) is 5.43. The van der Waals surface area contributed by atoms with Crippen LogP contribution in [-0.4, -0.2) is 37.0 Å². The van der Waals surface area contributed by atoms with Gasteiger partial charge in [0.25, 0.3) is 0 Å². The molecular weight excluding hydrogens is 348 g/mol.